The zero-order valence-electron chi connectivity index (χ0n) is 14.7. The van der Waals surface area contributed by atoms with Crippen LogP contribution in [0.2, 0.25) is 0 Å². The summed E-state index contributed by atoms with van der Waals surface area (Å²) in [6.07, 6.45) is 8.34. The molecule has 0 aromatic carbocycles. The van der Waals surface area contributed by atoms with Crippen molar-refractivity contribution in [2.45, 2.75) is 24.9 Å². The van der Waals surface area contributed by atoms with Gasteiger partial charge in [-0.05, 0) is 30.9 Å². The molecule has 0 bridgehead atoms. The maximum absolute atomic E-state index is 13.0. The third-order valence-corrected chi connectivity index (χ3v) is 5.51. The lowest BCUT2D eigenvalue weighted by Gasteiger charge is -2.37. The van der Waals surface area contributed by atoms with E-state index in [1.54, 1.807) is 42.1 Å². The van der Waals surface area contributed by atoms with Gasteiger partial charge in [0.05, 0.1) is 11.6 Å². The minimum atomic E-state index is -1.41. The SMILES string of the molecule is CSC[C@H](C)NC(=O)C1C(Cl)=CC=CC1(C(N)=O)c1ccc(CN)nc1. The second kappa shape index (κ2) is 8.70. The molecule has 3 atom stereocenters. The molecule has 6 nitrogen and oxygen atoms in total. The number of primary amides is 1. The Morgan fingerprint density at radius 1 is 1.46 bits per heavy atom. The number of halogens is 1. The summed E-state index contributed by atoms with van der Waals surface area (Å²) in [4.78, 5) is 29.8. The number of nitrogens with zero attached hydrogens (tertiary/aromatic N) is 1. The van der Waals surface area contributed by atoms with Gasteiger partial charge in [-0.2, -0.15) is 11.8 Å². The number of hydrogen-bond acceptors (Lipinski definition) is 5. The summed E-state index contributed by atoms with van der Waals surface area (Å²) in [6.45, 7) is 2.17. The van der Waals surface area contributed by atoms with Crippen LogP contribution >= 0.6 is 23.4 Å². The van der Waals surface area contributed by atoms with E-state index in [0.717, 1.165) is 5.75 Å². The summed E-state index contributed by atoms with van der Waals surface area (Å²) in [5, 5.41) is 3.17. The molecule has 0 spiro atoms. The largest absolute Gasteiger partial charge is 0.369 e. The van der Waals surface area contributed by atoms with Gasteiger partial charge in [0.25, 0.3) is 0 Å². The number of hydrogen-bond donors (Lipinski definition) is 3. The Kier molecular flexibility index (Phi) is 6.86. The third kappa shape index (κ3) is 3.95. The van der Waals surface area contributed by atoms with Gasteiger partial charge in [-0.3, -0.25) is 14.6 Å². The average Bonchev–Trinajstić information content (AvgIpc) is 2.61. The lowest BCUT2D eigenvalue weighted by molar-refractivity contribution is -0.132. The van der Waals surface area contributed by atoms with E-state index in [2.05, 4.69) is 10.3 Å². The van der Waals surface area contributed by atoms with E-state index >= 15 is 0 Å². The van der Waals surface area contributed by atoms with Gasteiger partial charge in [-0.1, -0.05) is 29.8 Å². The summed E-state index contributed by atoms with van der Waals surface area (Å²) >= 11 is 7.99. The van der Waals surface area contributed by atoms with Crippen molar-refractivity contribution in [3.05, 3.63) is 52.8 Å². The van der Waals surface area contributed by atoms with E-state index in [0.29, 0.717) is 11.3 Å². The summed E-state index contributed by atoms with van der Waals surface area (Å²) in [6, 6.07) is 3.35. The van der Waals surface area contributed by atoms with Crippen molar-refractivity contribution in [2.24, 2.45) is 17.4 Å². The molecule has 1 aliphatic rings. The highest BCUT2D eigenvalue weighted by molar-refractivity contribution is 7.98. The van der Waals surface area contributed by atoms with Crippen molar-refractivity contribution in [3.8, 4) is 0 Å². The summed E-state index contributed by atoms with van der Waals surface area (Å²) < 4.78 is 0. The zero-order valence-corrected chi connectivity index (χ0v) is 16.3. The van der Waals surface area contributed by atoms with Gasteiger partial charge in [0.2, 0.25) is 11.8 Å². The van der Waals surface area contributed by atoms with E-state index in [1.165, 1.54) is 6.20 Å². The Bertz CT molecular complexity index is 735. The molecule has 1 aromatic heterocycles. The molecule has 0 radical (unpaired) electrons. The van der Waals surface area contributed by atoms with E-state index in [-0.39, 0.29) is 23.5 Å². The standard InChI is InChI=1S/C18H23ClN4O2S/c1-11(10-26-2)23-16(24)15-14(19)4-3-7-18(15,17(21)25)12-5-6-13(8-20)22-9-12/h3-7,9,11,15H,8,10,20H2,1-2H3,(H2,21,25)(H,23,24)/t11-,15?,18?/m0/s1. The van der Waals surface area contributed by atoms with Crippen LogP contribution in [0.5, 0.6) is 0 Å². The summed E-state index contributed by atoms with van der Waals surface area (Å²) in [5.41, 5.74) is 11.1. The normalized spacial score (nSPS) is 23.2. The maximum atomic E-state index is 13.0. The predicted molar refractivity (Wildman–Crippen MR) is 106 cm³/mol. The monoisotopic (exact) mass is 394 g/mol. The number of allylic oxidation sites excluding steroid dienone is 2. The van der Waals surface area contributed by atoms with E-state index in [1.807, 2.05) is 13.2 Å². The number of nitrogens with two attached hydrogens (primary N) is 2. The second-order valence-electron chi connectivity index (χ2n) is 6.18. The van der Waals surface area contributed by atoms with Crippen LogP contribution < -0.4 is 16.8 Å². The number of thioether (sulfide) groups is 1. The van der Waals surface area contributed by atoms with E-state index in [4.69, 9.17) is 23.1 Å². The molecule has 2 rings (SSSR count). The van der Waals surface area contributed by atoms with E-state index < -0.39 is 17.2 Å². The van der Waals surface area contributed by atoms with Gasteiger partial charge < -0.3 is 16.8 Å². The smallest absolute Gasteiger partial charge is 0.233 e. The molecule has 0 fully saturated rings. The highest BCUT2D eigenvalue weighted by atomic mass is 35.5. The highest BCUT2D eigenvalue weighted by Gasteiger charge is 2.50. The Hall–Kier alpha value is -1.83. The van der Waals surface area contributed by atoms with Crippen molar-refractivity contribution in [3.63, 3.8) is 0 Å². The fourth-order valence-electron chi connectivity index (χ4n) is 3.07. The Balaban J connectivity index is 2.49. The van der Waals surface area contributed by atoms with E-state index in [9.17, 15) is 9.59 Å². The number of carbonyl (C=O) groups excluding carboxylic acids is 2. The molecule has 0 aliphatic heterocycles. The predicted octanol–water partition coefficient (Wildman–Crippen LogP) is 1.44. The Morgan fingerprint density at radius 2 is 2.19 bits per heavy atom. The fourth-order valence-corrected chi connectivity index (χ4v) is 4.00. The first-order valence-electron chi connectivity index (χ1n) is 8.16. The van der Waals surface area contributed by atoms with Crippen LogP contribution in [0, 0.1) is 5.92 Å². The summed E-state index contributed by atoms with van der Waals surface area (Å²) in [7, 11) is 0. The number of rotatable bonds is 7. The molecule has 0 saturated carbocycles. The highest BCUT2D eigenvalue weighted by Crippen LogP contribution is 2.42. The first kappa shape index (κ1) is 20.5. The number of carbonyl (C=O) groups is 2. The molecular formula is C18H23ClN4O2S. The topological polar surface area (TPSA) is 111 Å². The van der Waals surface area contributed by atoms with Gasteiger partial charge in [-0.15, -0.1) is 0 Å². The molecule has 140 valence electrons. The second-order valence-corrected chi connectivity index (χ2v) is 7.53. The zero-order chi connectivity index (χ0) is 19.3. The minimum absolute atomic E-state index is 0.0730. The summed E-state index contributed by atoms with van der Waals surface area (Å²) in [5.74, 6) is -1.23. The third-order valence-electron chi connectivity index (χ3n) is 4.33. The lowest BCUT2D eigenvalue weighted by atomic mass is 9.67. The van der Waals surface area contributed by atoms with Crippen molar-refractivity contribution < 1.29 is 9.59 Å². The van der Waals surface area contributed by atoms with Crippen molar-refractivity contribution in [1.29, 1.82) is 0 Å². The molecule has 5 N–H and O–H groups in total. The molecule has 8 heteroatoms. The molecule has 1 heterocycles. The van der Waals surface area contributed by atoms with Crippen LogP contribution in [0.1, 0.15) is 18.2 Å². The number of aromatic nitrogens is 1. The first-order valence-corrected chi connectivity index (χ1v) is 9.93. The number of amides is 2. The van der Waals surface area contributed by atoms with Gasteiger partial charge in [0.1, 0.15) is 5.41 Å². The van der Waals surface area contributed by atoms with Crippen LogP contribution in [-0.2, 0) is 21.5 Å². The molecule has 2 unspecified atom stereocenters. The van der Waals surface area contributed by atoms with Crippen LogP contribution in [0.3, 0.4) is 0 Å². The van der Waals surface area contributed by atoms with Crippen molar-refractivity contribution in [1.82, 2.24) is 10.3 Å². The molecular weight excluding hydrogens is 372 g/mol. The number of nitrogens with one attached hydrogen (secondary N) is 1. The molecule has 1 aromatic rings. The van der Waals surface area contributed by atoms with Gasteiger partial charge >= 0.3 is 0 Å². The molecule has 26 heavy (non-hydrogen) atoms. The molecule has 2 amide bonds. The quantitative estimate of drug-likeness (QED) is 0.648. The Morgan fingerprint density at radius 3 is 2.73 bits per heavy atom. The van der Waals surface area contributed by atoms with Gasteiger partial charge in [0, 0.05) is 29.6 Å². The van der Waals surface area contributed by atoms with Crippen LogP contribution in [-0.4, -0.2) is 34.8 Å². The lowest BCUT2D eigenvalue weighted by Crippen LogP contribution is -2.54. The minimum Gasteiger partial charge on any atom is -0.369 e. The fraction of sp³-hybridized carbons (Fsp3) is 0.389. The average molecular weight is 395 g/mol. The van der Waals surface area contributed by atoms with Gasteiger partial charge in [0.15, 0.2) is 0 Å². The number of pyridine rings is 1. The first-order chi connectivity index (χ1) is 12.4. The van der Waals surface area contributed by atoms with Crippen molar-refractivity contribution in [2.75, 3.05) is 12.0 Å². The van der Waals surface area contributed by atoms with Crippen LogP contribution in [0.4, 0.5) is 0 Å². The van der Waals surface area contributed by atoms with Gasteiger partial charge in [-0.25, -0.2) is 0 Å². The molecule has 0 saturated heterocycles. The van der Waals surface area contributed by atoms with Crippen LogP contribution in [0.15, 0.2) is 41.6 Å². The van der Waals surface area contributed by atoms with Crippen LogP contribution in [0.25, 0.3) is 0 Å². The van der Waals surface area contributed by atoms with Crippen molar-refractivity contribution >= 4 is 35.2 Å². The maximum Gasteiger partial charge on any atom is 0.233 e. The Labute approximate surface area is 162 Å². The molecule has 1 aliphatic carbocycles.